The van der Waals surface area contributed by atoms with E-state index in [-0.39, 0.29) is 0 Å². The Hall–Kier alpha value is 0.611. The zero-order valence-electron chi connectivity index (χ0n) is 10.2. The third-order valence-electron chi connectivity index (χ3n) is 2.19. The Morgan fingerprint density at radius 1 is 1.07 bits per heavy atom. The molecule has 4 heteroatoms. The Kier molecular flexibility index (Phi) is 8.19. The molecule has 0 aliphatic carbocycles. The van der Waals surface area contributed by atoms with Crippen molar-refractivity contribution in [1.82, 2.24) is 0 Å². The molecule has 0 aliphatic rings. The molecule has 0 spiro atoms. The van der Waals surface area contributed by atoms with Crippen molar-refractivity contribution in [2.24, 2.45) is 0 Å². The zero-order valence-corrected chi connectivity index (χ0v) is 13.2. The fourth-order valence-corrected chi connectivity index (χ4v) is 7.81. The lowest BCUT2D eigenvalue weighted by molar-refractivity contribution is 0.559. The lowest BCUT2D eigenvalue weighted by Gasteiger charge is -2.25. The molecule has 0 atom stereocenters. The van der Waals surface area contributed by atoms with Crippen molar-refractivity contribution in [3.8, 4) is 0 Å². The fourth-order valence-electron chi connectivity index (χ4n) is 1.63. The largest absolute Gasteiger partial charge is 0.456 e. The summed E-state index contributed by atoms with van der Waals surface area (Å²) in [6, 6.07) is 2.49. The van der Waals surface area contributed by atoms with Gasteiger partial charge >= 0.3 is 0 Å². The average molecular weight is 245 g/mol. The maximum absolute atomic E-state index is 6.08. The van der Waals surface area contributed by atoms with Crippen molar-refractivity contribution in [1.29, 1.82) is 0 Å². The summed E-state index contributed by atoms with van der Waals surface area (Å²) in [7, 11) is 1.73. The van der Waals surface area contributed by atoms with E-state index in [1.165, 1.54) is 31.7 Å². The minimum atomic E-state index is -1.29. The van der Waals surface area contributed by atoms with Crippen molar-refractivity contribution in [3.63, 3.8) is 0 Å². The Labute approximate surface area is 95.9 Å². The first-order chi connectivity index (χ1) is 6.48. The maximum atomic E-state index is 6.08. The Balaban J connectivity index is 3.45. The van der Waals surface area contributed by atoms with Gasteiger partial charge in [-0.2, -0.15) is 0 Å². The quantitative estimate of drug-likeness (QED) is 0.468. The molecule has 0 fully saturated rings. The molecule has 4 radical (unpaired) electrons. The van der Waals surface area contributed by atoms with Gasteiger partial charge in [-0.05, 0) is 32.2 Å². The van der Waals surface area contributed by atoms with E-state index in [2.05, 4.69) is 36.4 Å². The van der Waals surface area contributed by atoms with Crippen LogP contribution in [0.1, 0.15) is 25.7 Å². The monoisotopic (exact) mass is 244 g/mol. The first-order valence-corrected chi connectivity index (χ1v) is 11.8. The molecule has 0 heterocycles. The van der Waals surface area contributed by atoms with Gasteiger partial charge in [-0.3, -0.25) is 0 Å². The molecule has 0 N–H and O–H groups in total. The topological polar surface area (TPSA) is 9.23 Å². The van der Waals surface area contributed by atoms with Gasteiger partial charge in [0, 0.05) is 10.2 Å². The molecule has 0 aromatic carbocycles. The van der Waals surface area contributed by atoms with Crippen molar-refractivity contribution < 1.29 is 4.12 Å². The second-order valence-corrected chi connectivity index (χ2v) is 11.8. The molecule has 0 amide bonds. The van der Waals surface area contributed by atoms with Crippen LogP contribution >= 0.6 is 0 Å². The molecule has 14 heavy (non-hydrogen) atoms. The van der Waals surface area contributed by atoms with E-state index in [9.17, 15) is 0 Å². The molecular weight excluding hydrogens is 220 g/mol. The van der Waals surface area contributed by atoms with Gasteiger partial charge in [0.2, 0.25) is 0 Å². The summed E-state index contributed by atoms with van der Waals surface area (Å²) in [5.41, 5.74) is 0. The summed E-state index contributed by atoms with van der Waals surface area (Å²) in [5.74, 6) is 0. The SMILES string of the molecule is C[Si](C)O[Si](C)(C)CCCCCC[Si]. The number of rotatable bonds is 8. The van der Waals surface area contributed by atoms with Crippen LogP contribution in [0.2, 0.25) is 38.3 Å². The molecule has 0 unspecified atom stereocenters. The predicted molar refractivity (Wildman–Crippen MR) is 69.9 cm³/mol. The lowest BCUT2D eigenvalue weighted by Crippen LogP contribution is -2.34. The van der Waals surface area contributed by atoms with Gasteiger partial charge in [-0.15, -0.1) is 0 Å². The summed E-state index contributed by atoms with van der Waals surface area (Å²) < 4.78 is 6.08. The van der Waals surface area contributed by atoms with Crippen molar-refractivity contribution >= 4 is 27.6 Å². The van der Waals surface area contributed by atoms with Crippen molar-refractivity contribution in [3.05, 3.63) is 0 Å². The standard InChI is InChI=1S/C10H24OSi3/c1-13(2)11-14(3,4)10-8-6-5-7-9-12/h5-10H2,1-4H3. The Morgan fingerprint density at radius 2 is 1.64 bits per heavy atom. The minimum absolute atomic E-state index is 0.484. The van der Waals surface area contributed by atoms with E-state index >= 15 is 0 Å². The highest BCUT2D eigenvalue weighted by Crippen LogP contribution is 2.17. The summed E-state index contributed by atoms with van der Waals surface area (Å²) in [4.78, 5) is 0. The van der Waals surface area contributed by atoms with Gasteiger partial charge in [-0.25, -0.2) is 0 Å². The molecule has 82 valence electrons. The van der Waals surface area contributed by atoms with Crippen LogP contribution in [0, 0.1) is 0 Å². The van der Waals surface area contributed by atoms with Crippen LogP contribution in [0.3, 0.4) is 0 Å². The summed E-state index contributed by atoms with van der Waals surface area (Å²) in [6.07, 6.45) is 5.42. The van der Waals surface area contributed by atoms with E-state index in [0.717, 1.165) is 6.04 Å². The molecular formula is C10H24OSi3. The number of hydrogen-bond acceptors (Lipinski definition) is 1. The summed E-state index contributed by atoms with van der Waals surface area (Å²) in [6.45, 7) is 9.19. The van der Waals surface area contributed by atoms with Crippen molar-refractivity contribution in [2.75, 3.05) is 0 Å². The van der Waals surface area contributed by atoms with Gasteiger partial charge in [0.1, 0.15) is 0 Å². The van der Waals surface area contributed by atoms with Crippen LogP contribution in [0.5, 0.6) is 0 Å². The zero-order chi connectivity index (χ0) is 11.0. The Morgan fingerprint density at radius 3 is 2.14 bits per heavy atom. The van der Waals surface area contributed by atoms with Crippen LogP contribution in [0.15, 0.2) is 0 Å². The molecule has 0 aromatic rings. The third kappa shape index (κ3) is 9.18. The van der Waals surface area contributed by atoms with Crippen LogP contribution in [-0.2, 0) is 4.12 Å². The van der Waals surface area contributed by atoms with E-state index in [1.807, 2.05) is 0 Å². The lowest BCUT2D eigenvalue weighted by atomic mass is 10.2. The molecule has 1 nitrogen and oxygen atoms in total. The van der Waals surface area contributed by atoms with Gasteiger partial charge in [-0.1, -0.05) is 31.7 Å². The van der Waals surface area contributed by atoms with Crippen molar-refractivity contribution in [2.45, 2.75) is 64.0 Å². The number of hydrogen-bond donors (Lipinski definition) is 0. The van der Waals surface area contributed by atoms with E-state index in [1.54, 1.807) is 0 Å². The smallest absolute Gasteiger partial charge is 0.191 e. The second kappa shape index (κ2) is 7.84. The molecule has 0 aromatic heterocycles. The van der Waals surface area contributed by atoms with E-state index in [0.29, 0.717) is 0 Å². The summed E-state index contributed by atoms with van der Waals surface area (Å²) in [5, 5.41) is 0. The van der Waals surface area contributed by atoms with Crippen LogP contribution in [0.25, 0.3) is 0 Å². The summed E-state index contributed by atoms with van der Waals surface area (Å²) >= 11 is 0. The first kappa shape index (κ1) is 14.6. The molecule has 0 aliphatic heterocycles. The Bertz CT molecular complexity index is 137. The van der Waals surface area contributed by atoms with E-state index in [4.69, 9.17) is 4.12 Å². The minimum Gasteiger partial charge on any atom is -0.456 e. The second-order valence-electron chi connectivity index (χ2n) is 4.68. The van der Waals surface area contributed by atoms with Gasteiger partial charge < -0.3 is 4.12 Å². The van der Waals surface area contributed by atoms with Crippen LogP contribution in [0.4, 0.5) is 0 Å². The third-order valence-corrected chi connectivity index (χ3v) is 7.94. The highest BCUT2D eigenvalue weighted by Gasteiger charge is 2.22. The predicted octanol–water partition coefficient (Wildman–Crippen LogP) is 3.61. The molecule has 0 saturated heterocycles. The van der Waals surface area contributed by atoms with Crippen LogP contribution in [-0.4, -0.2) is 27.6 Å². The van der Waals surface area contributed by atoms with Gasteiger partial charge in [0.05, 0.1) is 0 Å². The van der Waals surface area contributed by atoms with Crippen LogP contribution < -0.4 is 0 Å². The van der Waals surface area contributed by atoms with E-state index < -0.39 is 17.4 Å². The highest BCUT2D eigenvalue weighted by atomic mass is 28.4. The maximum Gasteiger partial charge on any atom is 0.191 e. The molecule has 0 bridgehead atoms. The fraction of sp³-hybridized carbons (Fsp3) is 1.00. The van der Waals surface area contributed by atoms with Gasteiger partial charge in [0.15, 0.2) is 17.4 Å². The number of unbranched alkanes of at least 4 members (excludes halogenated alkanes) is 3. The average Bonchev–Trinajstić information content (AvgIpc) is 2.01. The van der Waals surface area contributed by atoms with Gasteiger partial charge in [0.25, 0.3) is 0 Å². The molecule has 0 saturated carbocycles. The molecule has 0 rings (SSSR count). The normalized spacial score (nSPS) is 12.4. The first-order valence-electron chi connectivity index (χ1n) is 5.62. The highest BCUT2D eigenvalue weighted by molar-refractivity contribution is 6.77.